The van der Waals surface area contributed by atoms with Crippen molar-refractivity contribution in [1.29, 1.82) is 0 Å². The molecule has 1 amide bonds. The van der Waals surface area contributed by atoms with Gasteiger partial charge < -0.3 is 4.74 Å². The summed E-state index contributed by atoms with van der Waals surface area (Å²) in [6.07, 6.45) is 0. The fourth-order valence-electron chi connectivity index (χ4n) is 2.85. The quantitative estimate of drug-likeness (QED) is 0.558. The van der Waals surface area contributed by atoms with Crippen LogP contribution in [-0.2, 0) is 11.4 Å². The predicted molar refractivity (Wildman–Crippen MR) is 99.0 cm³/mol. The largest absolute Gasteiger partial charge is 0.454 e. The van der Waals surface area contributed by atoms with E-state index in [1.54, 1.807) is 17.0 Å². The average Bonchev–Trinajstić information content (AvgIpc) is 2.81. The lowest BCUT2D eigenvalue weighted by Crippen LogP contribution is -2.38. The third kappa shape index (κ3) is 3.31. The molecule has 0 aromatic heterocycles. The Morgan fingerprint density at radius 1 is 0.846 bits per heavy atom. The number of amides is 1. The molecule has 0 aliphatic carbocycles. The Kier molecular flexibility index (Phi) is 4.64. The summed E-state index contributed by atoms with van der Waals surface area (Å²) in [5.74, 6) is 1.05. The van der Waals surface area contributed by atoms with Crippen LogP contribution in [0.1, 0.15) is 15.9 Å². The first-order chi connectivity index (χ1) is 12.8. The minimum Gasteiger partial charge on any atom is -0.454 e. The van der Waals surface area contributed by atoms with E-state index in [4.69, 9.17) is 9.57 Å². The lowest BCUT2D eigenvalue weighted by Gasteiger charge is -2.22. The number of carbonyl (C=O) groups excluding carboxylic acids is 1. The number of carbonyl (C=O) groups is 1. The normalized spacial score (nSPS) is 12.8. The number of nitrogens with one attached hydrogen (secondary N) is 1. The van der Waals surface area contributed by atoms with Crippen molar-refractivity contribution in [3.05, 3.63) is 90.0 Å². The van der Waals surface area contributed by atoms with Gasteiger partial charge in [-0.15, -0.1) is 0 Å². The van der Waals surface area contributed by atoms with Gasteiger partial charge in [0.05, 0.1) is 24.5 Å². The summed E-state index contributed by atoms with van der Waals surface area (Å²) in [4.78, 5) is 20.2. The molecular formula is C21H18N2O3. The molecule has 0 radical (unpaired) electrons. The van der Waals surface area contributed by atoms with E-state index in [-0.39, 0.29) is 12.6 Å². The topological polar surface area (TPSA) is 50.8 Å². The highest BCUT2D eigenvalue weighted by atomic mass is 16.6. The van der Waals surface area contributed by atoms with Crippen LogP contribution < -0.4 is 15.1 Å². The van der Waals surface area contributed by atoms with E-state index >= 15 is 0 Å². The number of hydrogen-bond acceptors (Lipinski definition) is 4. The third-order valence-electron chi connectivity index (χ3n) is 4.14. The zero-order valence-electron chi connectivity index (χ0n) is 14.1. The zero-order chi connectivity index (χ0) is 17.8. The standard InChI is InChI=1S/C21H18N2O3/c24-21-17-10-4-6-12-19(17)26-20-13-7-5-11-18(20)23(21)15-22-25-14-16-8-2-1-3-9-16/h1-13,22H,14-15H2. The Morgan fingerprint density at radius 2 is 1.54 bits per heavy atom. The average molecular weight is 346 g/mol. The molecule has 0 bridgehead atoms. The number of benzene rings is 3. The van der Waals surface area contributed by atoms with Crippen LogP contribution in [0.2, 0.25) is 0 Å². The van der Waals surface area contributed by atoms with Crippen LogP contribution in [0.15, 0.2) is 78.9 Å². The fourth-order valence-corrected chi connectivity index (χ4v) is 2.85. The monoisotopic (exact) mass is 346 g/mol. The first kappa shape index (κ1) is 16.3. The third-order valence-corrected chi connectivity index (χ3v) is 4.14. The van der Waals surface area contributed by atoms with E-state index in [9.17, 15) is 4.79 Å². The van der Waals surface area contributed by atoms with Crippen molar-refractivity contribution in [3.8, 4) is 11.5 Å². The van der Waals surface area contributed by atoms with Gasteiger partial charge in [0.25, 0.3) is 5.91 Å². The molecule has 1 N–H and O–H groups in total. The van der Waals surface area contributed by atoms with Gasteiger partial charge in [0, 0.05) is 0 Å². The van der Waals surface area contributed by atoms with Crippen LogP contribution in [0, 0.1) is 0 Å². The number of anilines is 1. The Bertz CT molecular complexity index is 912. The molecule has 130 valence electrons. The van der Waals surface area contributed by atoms with Gasteiger partial charge in [-0.1, -0.05) is 54.6 Å². The minimum absolute atomic E-state index is 0.138. The van der Waals surface area contributed by atoms with Gasteiger partial charge in [0.1, 0.15) is 5.75 Å². The van der Waals surface area contributed by atoms with Crippen LogP contribution in [0.5, 0.6) is 11.5 Å². The molecule has 5 nitrogen and oxygen atoms in total. The Labute approximate surface area is 151 Å². The lowest BCUT2D eigenvalue weighted by atomic mass is 10.2. The minimum atomic E-state index is -0.138. The zero-order valence-corrected chi connectivity index (χ0v) is 14.1. The predicted octanol–water partition coefficient (Wildman–Crippen LogP) is 4.12. The van der Waals surface area contributed by atoms with Crippen LogP contribution in [0.25, 0.3) is 0 Å². The Morgan fingerprint density at radius 3 is 2.38 bits per heavy atom. The summed E-state index contributed by atoms with van der Waals surface area (Å²) in [5.41, 5.74) is 5.16. The smallest absolute Gasteiger partial charge is 0.263 e. The molecule has 0 spiro atoms. The molecular weight excluding hydrogens is 328 g/mol. The van der Waals surface area contributed by atoms with Crippen molar-refractivity contribution < 1.29 is 14.4 Å². The molecule has 1 aliphatic heterocycles. The van der Waals surface area contributed by atoms with Crippen LogP contribution in [-0.4, -0.2) is 12.6 Å². The van der Waals surface area contributed by atoms with Crippen molar-refractivity contribution in [2.75, 3.05) is 11.6 Å². The van der Waals surface area contributed by atoms with E-state index in [1.165, 1.54) is 0 Å². The summed E-state index contributed by atoms with van der Waals surface area (Å²) >= 11 is 0. The van der Waals surface area contributed by atoms with E-state index in [0.29, 0.717) is 29.4 Å². The second-order valence-corrected chi connectivity index (χ2v) is 5.88. The summed E-state index contributed by atoms with van der Waals surface area (Å²) in [5, 5.41) is 0. The Hall–Kier alpha value is -3.15. The number of nitrogens with zero attached hydrogens (tertiary/aromatic N) is 1. The molecule has 1 heterocycles. The van der Waals surface area contributed by atoms with E-state index in [0.717, 1.165) is 5.56 Å². The van der Waals surface area contributed by atoms with Gasteiger partial charge in [-0.05, 0) is 29.8 Å². The van der Waals surface area contributed by atoms with Gasteiger partial charge in [0.15, 0.2) is 5.75 Å². The highest BCUT2D eigenvalue weighted by Crippen LogP contribution is 2.38. The van der Waals surface area contributed by atoms with Crippen LogP contribution >= 0.6 is 0 Å². The summed E-state index contributed by atoms with van der Waals surface area (Å²) in [7, 11) is 0. The highest BCUT2D eigenvalue weighted by Gasteiger charge is 2.27. The SMILES string of the molecule is O=C1c2ccccc2Oc2ccccc2N1CNOCc1ccccc1. The number of fused-ring (bicyclic) bond motifs is 2. The maximum absolute atomic E-state index is 13.0. The molecule has 1 aliphatic rings. The maximum atomic E-state index is 13.0. The van der Waals surface area contributed by atoms with Gasteiger partial charge in [-0.3, -0.25) is 14.5 Å². The van der Waals surface area contributed by atoms with Gasteiger partial charge >= 0.3 is 0 Å². The molecule has 3 aromatic rings. The number of rotatable bonds is 5. The summed E-state index contributed by atoms with van der Waals surface area (Å²) in [6, 6.07) is 24.6. The van der Waals surface area contributed by atoms with Gasteiger partial charge in [0.2, 0.25) is 0 Å². The van der Waals surface area contributed by atoms with E-state index < -0.39 is 0 Å². The molecule has 0 saturated heterocycles. The second-order valence-electron chi connectivity index (χ2n) is 5.88. The molecule has 0 saturated carbocycles. The second kappa shape index (κ2) is 7.39. The van der Waals surface area contributed by atoms with Crippen molar-refractivity contribution in [1.82, 2.24) is 5.48 Å². The van der Waals surface area contributed by atoms with E-state index in [2.05, 4.69) is 5.48 Å². The van der Waals surface area contributed by atoms with E-state index in [1.807, 2.05) is 66.7 Å². The van der Waals surface area contributed by atoms with Crippen molar-refractivity contribution in [3.63, 3.8) is 0 Å². The Balaban J connectivity index is 1.53. The molecule has 0 fully saturated rings. The number of hydroxylamine groups is 1. The maximum Gasteiger partial charge on any atom is 0.263 e. The summed E-state index contributed by atoms with van der Waals surface area (Å²) < 4.78 is 5.95. The molecule has 5 heteroatoms. The molecule has 26 heavy (non-hydrogen) atoms. The van der Waals surface area contributed by atoms with Crippen molar-refractivity contribution >= 4 is 11.6 Å². The van der Waals surface area contributed by atoms with Crippen LogP contribution in [0.3, 0.4) is 0 Å². The fraction of sp³-hybridized carbons (Fsp3) is 0.0952. The van der Waals surface area contributed by atoms with Crippen molar-refractivity contribution in [2.45, 2.75) is 6.61 Å². The summed E-state index contributed by atoms with van der Waals surface area (Å²) in [6.45, 7) is 0.623. The number of para-hydroxylation sites is 3. The molecule has 0 atom stereocenters. The molecule has 4 rings (SSSR count). The lowest BCUT2D eigenvalue weighted by molar-refractivity contribution is 0.0279. The molecule has 3 aromatic carbocycles. The van der Waals surface area contributed by atoms with Crippen molar-refractivity contribution in [2.24, 2.45) is 0 Å². The first-order valence-electron chi connectivity index (χ1n) is 8.39. The first-order valence-corrected chi connectivity index (χ1v) is 8.39. The molecule has 0 unspecified atom stereocenters. The highest BCUT2D eigenvalue weighted by molar-refractivity contribution is 6.09. The van der Waals surface area contributed by atoms with Gasteiger partial charge in [-0.2, -0.15) is 5.48 Å². The van der Waals surface area contributed by atoms with Crippen LogP contribution in [0.4, 0.5) is 5.69 Å². The van der Waals surface area contributed by atoms with Gasteiger partial charge in [-0.25, -0.2) is 0 Å². The number of ether oxygens (including phenoxy) is 1. The number of hydrogen-bond donors (Lipinski definition) is 1.